The molecule has 1 amide bonds. The normalized spacial score (nSPS) is 12.1. The van der Waals surface area contributed by atoms with E-state index in [-0.39, 0.29) is 11.4 Å². The number of ether oxygens (including phenoxy) is 3. The van der Waals surface area contributed by atoms with Crippen molar-refractivity contribution in [2.24, 2.45) is 0 Å². The standard InChI is InChI=1S/C19H23ClN2O6S/c1-12(19(23)21-15-8-7-14(26-2)11-18(15)28-4)22(29(5,24)25)16-10-13(20)6-9-17(16)27-3/h6-12H,1-5H3,(H,21,23)/t12-/m0/s1. The summed E-state index contributed by atoms with van der Waals surface area (Å²) >= 11 is 6.04. The van der Waals surface area contributed by atoms with Crippen LogP contribution in [0.2, 0.25) is 5.02 Å². The van der Waals surface area contributed by atoms with Gasteiger partial charge < -0.3 is 19.5 Å². The van der Waals surface area contributed by atoms with Crippen LogP contribution in [0.15, 0.2) is 36.4 Å². The average molecular weight is 443 g/mol. The Kier molecular flexibility index (Phi) is 7.21. The van der Waals surface area contributed by atoms with Crippen molar-refractivity contribution in [3.63, 3.8) is 0 Å². The highest BCUT2D eigenvalue weighted by atomic mass is 35.5. The second-order valence-electron chi connectivity index (χ2n) is 6.11. The quantitative estimate of drug-likeness (QED) is 0.674. The number of amides is 1. The zero-order chi connectivity index (χ0) is 21.8. The fraction of sp³-hybridized carbons (Fsp3) is 0.316. The number of sulfonamides is 1. The van der Waals surface area contributed by atoms with Crippen LogP contribution in [0.4, 0.5) is 11.4 Å². The fourth-order valence-electron chi connectivity index (χ4n) is 2.76. The van der Waals surface area contributed by atoms with Crippen molar-refractivity contribution in [3.05, 3.63) is 41.4 Å². The van der Waals surface area contributed by atoms with Gasteiger partial charge in [-0.2, -0.15) is 0 Å². The van der Waals surface area contributed by atoms with Gasteiger partial charge in [-0.15, -0.1) is 0 Å². The first kappa shape index (κ1) is 22.6. The second-order valence-corrected chi connectivity index (χ2v) is 8.40. The van der Waals surface area contributed by atoms with E-state index in [1.54, 1.807) is 24.3 Å². The third-order valence-corrected chi connectivity index (χ3v) is 5.60. The van der Waals surface area contributed by atoms with Gasteiger partial charge in [0.25, 0.3) is 0 Å². The van der Waals surface area contributed by atoms with Gasteiger partial charge in [0.2, 0.25) is 15.9 Å². The number of rotatable bonds is 8. The molecule has 29 heavy (non-hydrogen) atoms. The maximum atomic E-state index is 12.9. The maximum Gasteiger partial charge on any atom is 0.248 e. The number of methoxy groups -OCH3 is 3. The van der Waals surface area contributed by atoms with E-state index < -0.39 is 22.0 Å². The smallest absolute Gasteiger partial charge is 0.248 e. The number of nitrogens with zero attached hydrogens (tertiary/aromatic N) is 1. The van der Waals surface area contributed by atoms with Gasteiger partial charge in [0.15, 0.2) is 0 Å². The zero-order valence-corrected chi connectivity index (χ0v) is 18.3. The minimum Gasteiger partial charge on any atom is -0.497 e. The minimum absolute atomic E-state index is 0.159. The summed E-state index contributed by atoms with van der Waals surface area (Å²) in [5.41, 5.74) is 0.531. The molecule has 0 spiro atoms. The van der Waals surface area contributed by atoms with Crippen LogP contribution in [-0.2, 0) is 14.8 Å². The summed E-state index contributed by atoms with van der Waals surface area (Å²) < 4.78 is 41.7. The monoisotopic (exact) mass is 442 g/mol. The van der Waals surface area contributed by atoms with E-state index in [0.717, 1.165) is 10.6 Å². The summed E-state index contributed by atoms with van der Waals surface area (Å²) in [6.45, 7) is 1.47. The summed E-state index contributed by atoms with van der Waals surface area (Å²) in [6.07, 6.45) is 1.01. The Hall–Kier alpha value is -2.65. The number of anilines is 2. The molecule has 8 nitrogen and oxygen atoms in total. The molecule has 1 atom stereocenters. The van der Waals surface area contributed by atoms with Crippen LogP contribution in [-0.4, -0.2) is 48.0 Å². The molecule has 0 aromatic heterocycles. The van der Waals surface area contributed by atoms with Gasteiger partial charge in [-0.3, -0.25) is 9.10 Å². The molecule has 0 radical (unpaired) electrons. The Morgan fingerprint density at radius 2 is 1.69 bits per heavy atom. The molecule has 1 N–H and O–H groups in total. The number of carbonyl (C=O) groups excluding carboxylic acids is 1. The van der Waals surface area contributed by atoms with Gasteiger partial charge in [-0.1, -0.05) is 11.6 Å². The third kappa shape index (κ3) is 5.24. The number of nitrogens with one attached hydrogen (secondary N) is 1. The Bertz CT molecular complexity index is 996. The molecule has 10 heteroatoms. The molecule has 2 rings (SSSR count). The molecule has 0 aliphatic heterocycles. The lowest BCUT2D eigenvalue weighted by molar-refractivity contribution is -0.116. The molecular formula is C19H23ClN2O6S. The lowest BCUT2D eigenvalue weighted by atomic mass is 10.2. The first-order chi connectivity index (χ1) is 13.6. The molecule has 0 saturated carbocycles. The topological polar surface area (TPSA) is 94.2 Å². The molecule has 0 aliphatic rings. The lowest BCUT2D eigenvalue weighted by Gasteiger charge is -2.29. The third-order valence-electron chi connectivity index (χ3n) is 4.13. The average Bonchev–Trinajstić information content (AvgIpc) is 2.67. The predicted molar refractivity (Wildman–Crippen MR) is 113 cm³/mol. The summed E-state index contributed by atoms with van der Waals surface area (Å²) in [5, 5.41) is 2.99. The second kappa shape index (κ2) is 9.23. The molecule has 2 aromatic rings. The molecule has 158 valence electrons. The molecule has 0 bridgehead atoms. The van der Waals surface area contributed by atoms with Crippen molar-refractivity contribution < 1.29 is 27.4 Å². The Balaban J connectivity index is 2.42. The van der Waals surface area contributed by atoms with E-state index in [1.807, 2.05) is 0 Å². The van der Waals surface area contributed by atoms with Crippen LogP contribution >= 0.6 is 11.6 Å². The van der Waals surface area contributed by atoms with Crippen LogP contribution in [0.25, 0.3) is 0 Å². The number of halogens is 1. The van der Waals surface area contributed by atoms with E-state index in [1.165, 1.54) is 40.4 Å². The predicted octanol–water partition coefficient (Wildman–Crippen LogP) is 3.16. The summed E-state index contributed by atoms with van der Waals surface area (Å²) in [5.74, 6) is 0.618. The number of hydrogen-bond donors (Lipinski definition) is 1. The van der Waals surface area contributed by atoms with E-state index in [9.17, 15) is 13.2 Å². The molecule has 2 aromatic carbocycles. The van der Waals surface area contributed by atoms with E-state index in [2.05, 4.69) is 5.32 Å². The minimum atomic E-state index is -3.85. The van der Waals surface area contributed by atoms with Crippen LogP contribution < -0.4 is 23.8 Å². The molecule has 0 aliphatic carbocycles. The number of hydrogen-bond acceptors (Lipinski definition) is 6. The SMILES string of the molecule is COc1ccc(NC(=O)[C@H](C)N(c2cc(Cl)ccc2OC)S(C)(=O)=O)c(OC)c1. The first-order valence-electron chi connectivity index (χ1n) is 8.48. The van der Waals surface area contributed by atoms with Crippen LogP contribution in [0.3, 0.4) is 0 Å². The van der Waals surface area contributed by atoms with Gasteiger partial charge in [-0.05, 0) is 37.3 Å². The number of carbonyl (C=O) groups is 1. The lowest BCUT2D eigenvalue weighted by Crippen LogP contribution is -2.45. The van der Waals surface area contributed by atoms with Gasteiger partial charge >= 0.3 is 0 Å². The highest BCUT2D eigenvalue weighted by molar-refractivity contribution is 7.92. The van der Waals surface area contributed by atoms with Crippen molar-refractivity contribution in [3.8, 4) is 17.2 Å². The van der Waals surface area contributed by atoms with Gasteiger partial charge in [-0.25, -0.2) is 8.42 Å². The van der Waals surface area contributed by atoms with E-state index in [4.69, 9.17) is 25.8 Å². The van der Waals surface area contributed by atoms with Crippen LogP contribution in [0.5, 0.6) is 17.2 Å². The summed E-state index contributed by atoms with van der Waals surface area (Å²) in [6, 6.07) is 8.28. The van der Waals surface area contributed by atoms with Gasteiger partial charge in [0, 0.05) is 11.1 Å². The van der Waals surface area contributed by atoms with Crippen molar-refractivity contribution in [1.82, 2.24) is 0 Å². The molecular weight excluding hydrogens is 420 g/mol. The van der Waals surface area contributed by atoms with Crippen LogP contribution in [0.1, 0.15) is 6.92 Å². The molecule has 0 saturated heterocycles. The highest BCUT2D eigenvalue weighted by Crippen LogP contribution is 2.35. The van der Waals surface area contributed by atoms with Crippen molar-refractivity contribution in [1.29, 1.82) is 0 Å². The largest absolute Gasteiger partial charge is 0.497 e. The Morgan fingerprint density at radius 1 is 1.03 bits per heavy atom. The van der Waals surface area contributed by atoms with E-state index in [0.29, 0.717) is 22.2 Å². The molecule has 0 fully saturated rings. The Morgan fingerprint density at radius 3 is 2.24 bits per heavy atom. The summed E-state index contributed by atoms with van der Waals surface area (Å²) in [7, 11) is 0.519. The summed E-state index contributed by atoms with van der Waals surface area (Å²) in [4.78, 5) is 12.9. The van der Waals surface area contributed by atoms with Gasteiger partial charge in [0.05, 0.1) is 39.0 Å². The molecule has 0 heterocycles. The highest BCUT2D eigenvalue weighted by Gasteiger charge is 2.32. The fourth-order valence-corrected chi connectivity index (χ4v) is 4.09. The first-order valence-corrected chi connectivity index (χ1v) is 10.7. The van der Waals surface area contributed by atoms with Crippen LogP contribution in [0, 0.1) is 0 Å². The number of benzene rings is 2. The van der Waals surface area contributed by atoms with Crippen molar-refractivity contribution in [2.45, 2.75) is 13.0 Å². The Labute approximate surface area is 175 Å². The van der Waals surface area contributed by atoms with E-state index >= 15 is 0 Å². The molecule has 0 unspecified atom stereocenters. The van der Waals surface area contributed by atoms with Crippen molar-refractivity contribution in [2.75, 3.05) is 37.2 Å². The van der Waals surface area contributed by atoms with Gasteiger partial charge in [0.1, 0.15) is 23.3 Å². The van der Waals surface area contributed by atoms with Crippen molar-refractivity contribution >= 4 is 38.9 Å². The zero-order valence-electron chi connectivity index (χ0n) is 16.7. The maximum absolute atomic E-state index is 12.9.